The van der Waals surface area contributed by atoms with Crippen molar-refractivity contribution in [2.24, 2.45) is 5.92 Å². The number of nitrogens with zero attached hydrogens (tertiary/aromatic N) is 1. The van der Waals surface area contributed by atoms with E-state index in [9.17, 15) is 5.11 Å². The zero-order valence-electron chi connectivity index (χ0n) is 12.8. The van der Waals surface area contributed by atoms with Crippen molar-refractivity contribution in [3.63, 3.8) is 0 Å². The van der Waals surface area contributed by atoms with Crippen LogP contribution in [0.1, 0.15) is 43.7 Å². The summed E-state index contributed by atoms with van der Waals surface area (Å²) in [5.41, 5.74) is 0.921. The van der Waals surface area contributed by atoms with Gasteiger partial charge in [-0.15, -0.1) is 0 Å². The molecule has 0 radical (unpaired) electrons. The number of halogens is 2. The lowest BCUT2D eigenvalue weighted by Gasteiger charge is -2.41. The topological polar surface area (TPSA) is 35.5 Å². The van der Waals surface area contributed by atoms with Crippen molar-refractivity contribution >= 4 is 27.5 Å². The Bertz CT molecular complexity index is 496. The Labute approximate surface area is 146 Å². The summed E-state index contributed by atoms with van der Waals surface area (Å²) in [5, 5.41) is 14.7. The monoisotopic (exact) mass is 386 g/mol. The maximum Gasteiger partial charge on any atom is 0.136 e. The van der Waals surface area contributed by atoms with Gasteiger partial charge in [-0.2, -0.15) is 0 Å². The molecule has 0 spiro atoms. The summed E-state index contributed by atoms with van der Waals surface area (Å²) in [5.74, 6) is 0.908. The lowest BCUT2D eigenvalue weighted by Crippen LogP contribution is -2.47. The Balaban J connectivity index is 1.98. The normalized spacial score (nSPS) is 22.6. The minimum atomic E-state index is 0.229. The van der Waals surface area contributed by atoms with E-state index < -0.39 is 0 Å². The van der Waals surface area contributed by atoms with Gasteiger partial charge in [0.25, 0.3) is 0 Å². The molecule has 0 unspecified atom stereocenters. The van der Waals surface area contributed by atoms with Crippen molar-refractivity contribution in [1.29, 1.82) is 0 Å². The molecule has 1 saturated carbocycles. The summed E-state index contributed by atoms with van der Waals surface area (Å²) in [6, 6.07) is 3.96. The fourth-order valence-corrected chi connectivity index (χ4v) is 4.57. The van der Waals surface area contributed by atoms with Crippen LogP contribution in [-0.4, -0.2) is 36.2 Å². The molecule has 0 amide bonds. The summed E-state index contributed by atoms with van der Waals surface area (Å²) in [7, 11) is 0. The Hall–Kier alpha value is -0.290. The van der Waals surface area contributed by atoms with Gasteiger partial charge in [0, 0.05) is 42.8 Å². The van der Waals surface area contributed by atoms with E-state index in [2.05, 4.69) is 26.1 Å². The van der Waals surface area contributed by atoms with Crippen LogP contribution in [0.5, 0.6) is 5.75 Å². The second kappa shape index (κ2) is 7.52. The van der Waals surface area contributed by atoms with Crippen LogP contribution >= 0.6 is 27.5 Å². The first-order valence-corrected chi connectivity index (χ1v) is 9.47. The van der Waals surface area contributed by atoms with Gasteiger partial charge in [0.2, 0.25) is 0 Å². The smallest absolute Gasteiger partial charge is 0.136 e. The molecule has 1 aliphatic carbocycles. The van der Waals surface area contributed by atoms with Crippen LogP contribution in [0.2, 0.25) is 5.02 Å². The SMILES string of the molecule is Oc1c(Br)ccc(Cl)c1[C@@H](C1CCCCC1)N1CCNCC1. The summed E-state index contributed by atoms with van der Waals surface area (Å²) in [6.07, 6.45) is 6.38. The lowest BCUT2D eigenvalue weighted by atomic mass is 9.80. The highest BCUT2D eigenvalue weighted by Gasteiger charge is 2.34. The summed E-state index contributed by atoms with van der Waals surface area (Å²) < 4.78 is 0.739. The quantitative estimate of drug-likeness (QED) is 0.810. The van der Waals surface area contributed by atoms with Crippen LogP contribution in [0.15, 0.2) is 16.6 Å². The first kappa shape index (κ1) is 16.6. The number of piperazine rings is 1. The molecule has 1 saturated heterocycles. The zero-order valence-corrected chi connectivity index (χ0v) is 15.2. The molecule has 2 aliphatic rings. The van der Waals surface area contributed by atoms with Crippen molar-refractivity contribution in [3.05, 3.63) is 27.2 Å². The third-order valence-corrected chi connectivity index (χ3v) is 6.02. The summed E-state index contributed by atoms with van der Waals surface area (Å²) in [4.78, 5) is 2.51. The van der Waals surface area contributed by atoms with Crippen LogP contribution in [0.25, 0.3) is 0 Å². The number of phenolic OH excluding ortho intramolecular Hbond substituents is 1. The van der Waals surface area contributed by atoms with E-state index in [-0.39, 0.29) is 6.04 Å². The van der Waals surface area contributed by atoms with E-state index in [1.54, 1.807) is 0 Å². The van der Waals surface area contributed by atoms with Crippen molar-refractivity contribution < 1.29 is 5.11 Å². The predicted molar refractivity (Wildman–Crippen MR) is 94.6 cm³/mol. The van der Waals surface area contributed by atoms with Gasteiger partial charge < -0.3 is 10.4 Å². The number of phenols is 1. The molecule has 1 aliphatic heterocycles. The third kappa shape index (κ3) is 3.45. The van der Waals surface area contributed by atoms with E-state index in [0.717, 1.165) is 36.2 Å². The van der Waals surface area contributed by atoms with Crippen molar-refractivity contribution in [1.82, 2.24) is 10.2 Å². The maximum absolute atomic E-state index is 10.6. The first-order chi connectivity index (χ1) is 10.7. The molecular weight excluding hydrogens is 364 g/mol. The molecule has 1 atom stereocenters. The average molecular weight is 388 g/mol. The molecule has 1 aromatic rings. The molecule has 1 aromatic carbocycles. The van der Waals surface area contributed by atoms with E-state index in [4.69, 9.17) is 11.6 Å². The highest BCUT2D eigenvalue weighted by Crippen LogP contribution is 2.46. The van der Waals surface area contributed by atoms with E-state index in [0.29, 0.717) is 16.7 Å². The number of hydrogen-bond acceptors (Lipinski definition) is 3. The first-order valence-electron chi connectivity index (χ1n) is 8.30. The molecule has 22 heavy (non-hydrogen) atoms. The minimum Gasteiger partial charge on any atom is -0.506 e. The summed E-state index contributed by atoms with van der Waals surface area (Å²) in [6.45, 7) is 4.05. The Kier molecular flexibility index (Phi) is 5.66. The average Bonchev–Trinajstić information content (AvgIpc) is 2.57. The molecule has 0 aromatic heterocycles. The van der Waals surface area contributed by atoms with E-state index >= 15 is 0 Å². The van der Waals surface area contributed by atoms with Gasteiger partial charge in [-0.3, -0.25) is 4.90 Å². The second-order valence-corrected chi connectivity index (χ2v) is 7.68. The van der Waals surface area contributed by atoms with Gasteiger partial charge in [-0.05, 0) is 46.8 Å². The van der Waals surface area contributed by atoms with Crippen molar-refractivity contribution in [3.8, 4) is 5.75 Å². The third-order valence-electron chi connectivity index (χ3n) is 5.05. The minimum absolute atomic E-state index is 0.229. The molecule has 2 fully saturated rings. The predicted octanol–water partition coefficient (Wildman–Crippen LogP) is 4.33. The van der Waals surface area contributed by atoms with Gasteiger partial charge in [-0.25, -0.2) is 0 Å². The lowest BCUT2D eigenvalue weighted by molar-refractivity contribution is 0.101. The largest absolute Gasteiger partial charge is 0.506 e. The molecular formula is C17H24BrClN2O. The van der Waals surface area contributed by atoms with Crippen LogP contribution in [0.4, 0.5) is 0 Å². The Morgan fingerprint density at radius 2 is 1.86 bits per heavy atom. The molecule has 3 nitrogen and oxygen atoms in total. The number of nitrogens with one attached hydrogen (secondary N) is 1. The second-order valence-electron chi connectivity index (χ2n) is 6.42. The molecule has 2 N–H and O–H groups in total. The van der Waals surface area contributed by atoms with Crippen molar-refractivity contribution in [2.45, 2.75) is 38.1 Å². The molecule has 3 rings (SSSR count). The molecule has 0 bridgehead atoms. The van der Waals surface area contributed by atoms with Gasteiger partial charge in [0.05, 0.1) is 4.47 Å². The van der Waals surface area contributed by atoms with Gasteiger partial charge in [0.1, 0.15) is 5.75 Å². The Morgan fingerprint density at radius 1 is 1.18 bits per heavy atom. The Morgan fingerprint density at radius 3 is 2.55 bits per heavy atom. The maximum atomic E-state index is 10.6. The fraction of sp³-hybridized carbons (Fsp3) is 0.647. The molecule has 1 heterocycles. The van der Waals surface area contributed by atoms with Gasteiger partial charge in [-0.1, -0.05) is 30.9 Å². The number of hydrogen-bond donors (Lipinski definition) is 2. The number of aromatic hydroxyl groups is 1. The fourth-order valence-electron chi connectivity index (χ4n) is 3.96. The van der Waals surface area contributed by atoms with Crippen LogP contribution < -0.4 is 5.32 Å². The van der Waals surface area contributed by atoms with Crippen molar-refractivity contribution in [2.75, 3.05) is 26.2 Å². The van der Waals surface area contributed by atoms with Crippen LogP contribution in [0, 0.1) is 5.92 Å². The molecule has 5 heteroatoms. The highest BCUT2D eigenvalue weighted by atomic mass is 79.9. The molecule has 122 valence electrons. The zero-order chi connectivity index (χ0) is 15.5. The van der Waals surface area contributed by atoms with E-state index in [1.807, 2.05) is 12.1 Å². The van der Waals surface area contributed by atoms with Gasteiger partial charge in [0.15, 0.2) is 0 Å². The highest BCUT2D eigenvalue weighted by molar-refractivity contribution is 9.10. The van der Waals surface area contributed by atoms with Crippen LogP contribution in [-0.2, 0) is 0 Å². The number of benzene rings is 1. The standard InChI is InChI=1S/C17H24BrClN2O/c18-13-6-7-14(19)15(17(13)22)16(12-4-2-1-3-5-12)21-10-8-20-9-11-21/h6-7,12,16,20,22H,1-5,8-11H2/t16-/m1/s1. The number of rotatable bonds is 3. The van der Waals surface area contributed by atoms with E-state index in [1.165, 1.54) is 32.1 Å². The van der Waals surface area contributed by atoms with Crippen LogP contribution in [0.3, 0.4) is 0 Å². The summed E-state index contributed by atoms with van der Waals surface area (Å²) >= 11 is 9.97. The van der Waals surface area contributed by atoms with Gasteiger partial charge >= 0.3 is 0 Å².